The number of aromatic nitrogens is 1. The Morgan fingerprint density at radius 1 is 1.33 bits per heavy atom. The van der Waals surface area contributed by atoms with E-state index in [9.17, 15) is 4.79 Å². The predicted octanol–water partition coefficient (Wildman–Crippen LogP) is 3.48. The Balaban J connectivity index is 2.17. The molecule has 0 radical (unpaired) electrons. The lowest BCUT2D eigenvalue weighted by Gasteiger charge is -2.09. The molecule has 2 aromatic rings. The van der Waals surface area contributed by atoms with Gasteiger partial charge in [-0.1, -0.05) is 11.6 Å². The summed E-state index contributed by atoms with van der Waals surface area (Å²) in [6.07, 6.45) is 2.00. The minimum atomic E-state index is -0.0728. The molecule has 3 nitrogen and oxygen atoms in total. The van der Waals surface area contributed by atoms with Crippen LogP contribution in [0.2, 0.25) is 5.02 Å². The zero-order valence-corrected chi connectivity index (χ0v) is 11.3. The van der Waals surface area contributed by atoms with E-state index in [2.05, 4.69) is 5.32 Å². The number of halogens is 1. The van der Waals surface area contributed by atoms with Gasteiger partial charge in [-0.25, -0.2) is 0 Å². The Morgan fingerprint density at radius 2 is 2.17 bits per heavy atom. The second-order valence-electron chi connectivity index (χ2n) is 4.10. The Bertz CT molecular complexity index is 636. The fraction of sp³-hybridized carbons (Fsp3) is 0.154. The van der Waals surface area contributed by atoms with Crippen molar-refractivity contribution in [1.29, 1.82) is 0 Å². The highest BCUT2D eigenvalue weighted by Crippen LogP contribution is 2.29. The molecular formula is C13H11ClN2OS. The molecule has 1 N–H and O–H groups in total. The normalized spacial score (nSPS) is 13.6. The third-order valence-corrected chi connectivity index (χ3v) is 4.04. The maximum atomic E-state index is 12.1. The zero-order valence-electron chi connectivity index (χ0n) is 9.74. The number of carbonyl (C=O) groups excluding carboxylic acids is 1. The standard InChI is InChI=1S/C13H11ClN2OS/c1-18-12-5-4-11-13(17)15-10-3-2-9(14)6-8(10)7-16(11)12/h2-6H,7H2,1H3,(H,15,17). The Kier molecular flexibility index (Phi) is 2.84. The van der Waals surface area contributed by atoms with Crippen LogP contribution >= 0.6 is 23.4 Å². The van der Waals surface area contributed by atoms with Gasteiger partial charge >= 0.3 is 0 Å². The topological polar surface area (TPSA) is 34.0 Å². The van der Waals surface area contributed by atoms with E-state index in [-0.39, 0.29) is 5.91 Å². The molecule has 1 aromatic carbocycles. The van der Waals surface area contributed by atoms with Crippen molar-refractivity contribution in [2.75, 3.05) is 11.6 Å². The molecule has 0 fully saturated rings. The SMILES string of the molecule is CSc1ccc2n1Cc1cc(Cl)ccc1NC2=O. The van der Waals surface area contributed by atoms with Crippen LogP contribution in [-0.4, -0.2) is 16.7 Å². The third-order valence-electron chi connectivity index (χ3n) is 3.03. The molecule has 1 amide bonds. The van der Waals surface area contributed by atoms with Gasteiger partial charge in [-0.15, -0.1) is 11.8 Å². The molecule has 3 rings (SSSR count). The Morgan fingerprint density at radius 3 is 2.94 bits per heavy atom. The molecule has 1 aliphatic heterocycles. The van der Waals surface area contributed by atoms with E-state index in [1.807, 2.05) is 35.1 Å². The van der Waals surface area contributed by atoms with Crippen LogP contribution in [-0.2, 0) is 6.54 Å². The lowest BCUT2D eigenvalue weighted by atomic mass is 10.2. The van der Waals surface area contributed by atoms with Gasteiger partial charge in [0.15, 0.2) is 0 Å². The van der Waals surface area contributed by atoms with Gasteiger partial charge in [0.2, 0.25) is 0 Å². The van der Waals surface area contributed by atoms with Gasteiger partial charge < -0.3 is 9.88 Å². The molecule has 2 heterocycles. The molecule has 92 valence electrons. The minimum Gasteiger partial charge on any atom is -0.327 e. The van der Waals surface area contributed by atoms with Gasteiger partial charge in [0.05, 0.1) is 11.6 Å². The summed E-state index contributed by atoms with van der Waals surface area (Å²) in [5, 5.41) is 4.68. The molecule has 0 bridgehead atoms. The number of amides is 1. The molecule has 0 atom stereocenters. The summed E-state index contributed by atoms with van der Waals surface area (Å²) < 4.78 is 2.02. The summed E-state index contributed by atoms with van der Waals surface area (Å²) >= 11 is 7.64. The van der Waals surface area contributed by atoms with Crippen molar-refractivity contribution in [3.8, 4) is 0 Å². The Hall–Kier alpha value is -1.39. The molecule has 5 heteroatoms. The van der Waals surface area contributed by atoms with Crippen LogP contribution in [0.5, 0.6) is 0 Å². The van der Waals surface area contributed by atoms with Gasteiger partial charge in [-0.05, 0) is 42.2 Å². The molecule has 18 heavy (non-hydrogen) atoms. The maximum Gasteiger partial charge on any atom is 0.272 e. The average molecular weight is 279 g/mol. The van der Waals surface area contributed by atoms with Crippen LogP contribution in [0.15, 0.2) is 35.4 Å². The molecule has 1 aliphatic rings. The number of carbonyl (C=O) groups is 1. The number of hydrogen-bond acceptors (Lipinski definition) is 2. The average Bonchev–Trinajstić information content (AvgIpc) is 2.69. The van der Waals surface area contributed by atoms with Crippen molar-refractivity contribution in [3.63, 3.8) is 0 Å². The number of nitrogens with zero attached hydrogens (tertiary/aromatic N) is 1. The van der Waals surface area contributed by atoms with E-state index >= 15 is 0 Å². The molecule has 0 aliphatic carbocycles. The van der Waals surface area contributed by atoms with Gasteiger partial charge in [-0.2, -0.15) is 0 Å². The third kappa shape index (κ3) is 1.82. The number of anilines is 1. The van der Waals surface area contributed by atoms with E-state index in [1.165, 1.54) is 0 Å². The van der Waals surface area contributed by atoms with Gasteiger partial charge in [0.25, 0.3) is 5.91 Å². The van der Waals surface area contributed by atoms with E-state index in [0.29, 0.717) is 17.3 Å². The first-order valence-corrected chi connectivity index (χ1v) is 7.12. The van der Waals surface area contributed by atoms with Crippen LogP contribution in [0.25, 0.3) is 0 Å². The Labute approximate surface area is 114 Å². The van der Waals surface area contributed by atoms with E-state index < -0.39 is 0 Å². The van der Waals surface area contributed by atoms with Crippen molar-refractivity contribution >= 4 is 35.0 Å². The molecule has 0 unspecified atom stereocenters. The van der Waals surface area contributed by atoms with Crippen molar-refractivity contribution in [2.45, 2.75) is 11.6 Å². The summed E-state index contributed by atoms with van der Waals surface area (Å²) in [7, 11) is 0. The minimum absolute atomic E-state index is 0.0728. The summed E-state index contributed by atoms with van der Waals surface area (Å²) in [6.45, 7) is 0.660. The van der Waals surface area contributed by atoms with Crippen molar-refractivity contribution in [3.05, 3.63) is 46.6 Å². The highest BCUT2D eigenvalue weighted by Gasteiger charge is 2.21. The van der Waals surface area contributed by atoms with Gasteiger partial charge in [0, 0.05) is 10.7 Å². The molecule has 0 spiro atoms. The van der Waals surface area contributed by atoms with E-state index in [1.54, 1.807) is 17.8 Å². The highest BCUT2D eigenvalue weighted by molar-refractivity contribution is 7.98. The number of fused-ring (bicyclic) bond motifs is 2. The first kappa shape index (κ1) is 11.7. The number of hydrogen-bond donors (Lipinski definition) is 1. The summed E-state index contributed by atoms with van der Waals surface area (Å²) in [5.41, 5.74) is 2.55. The number of benzene rings is 1. The van der Waals surface area contributed by atoms with Crippen molar-refractivity contribution < 1.29 is 4.79 Å². The maximum absolute atomic E-state index is 12.1. The summed E-state index contributed by atoms with van der Waals surface area (Å²) in [5.74, 6) is -0.0728. The van der Waals surface area contributed by atoms with Crippen LogP contribution in [0, 0.1) is 0 Å². The monoisotopic (exact) mass is 278 g/mol. The number of thioether (sulfide) groups is 1. The van der Waals surface area contributed by atoms with Crippen LogP contribution in [0.4, 0.5) is 5.69 Å². The molecule has 0 saturated carbocycles. The first-order valence-electron chi connectivity index (χ1n) is 5.52. The largest absolute Gasteiger partial charge is 0.327 e. The lowest BCUT2D eigenvalue weighted by molar-refractivity contribution is 0.101. The fourth-order valence-corrected chi connectivity index (χ4v) is 2.94. The second kappa shape index (κ2) is 4.37. The van der Waals surface area contributed by atoms with Gasteiger partial charge in [-0.3, -0.25) is 4.79 Å². The summed E-state index contributed by atoms with van der Waals surface area (Å²) in [6, 6.07) is 9.36. The fourth-order valence-electron chi connectivity index (χ4n) is 2.16. The smallest absolute Gasteiger partial charge is 0.272 e. The quantitative estimate of drug-likeness (QED) is 0.811. The lowest BCUT2D eigenvalue weighted by Crippen LogP contribution is -2.13. The van der Waals surface area contributed by atoms with Crippen LogP contribution in [0.1, 0.15) is 16.1 Å². The first-order chi connectivity index (χ1) is 8.69. The van der Waals surface area contributed by atoms with Crippen molar-refractivity contribution in [2.24, 2.45) is 0 Å². The molecular weight excluding hydrogens is 268 g/mol. The molecule has 1 aromatic heterocycles. The molecule has 0 saturated heterocycles. The summed E-state index contributed by atoms with van der Waals surface area (Å²) in [4.78, 5) is 12.1. The van der Waals surface area contributed by atoms with Crippen molar-refractivity contribution in [1.82, 2.24) is 4.57 Å². The highest BCUT2D eigenvalue weighted by atomic mass is 35.5. The number of rotatable bonds is 1. The van der Waals surface area contributed by atoms with Crippen LogP contribution in [0.3, 0.4) is 0 Å². The van der Waals surface area contributed by atoms with Gasteiger partial charge in [0.1, 0.15) is 5.69 Å². The van der Waals surface area contributed by atoms with Crippen LogP contribution < -0.4 is 5.32 Å². The number of nitrogens with one attached hydrogen (secondary N) is 1. The van der Waals surface area contributed by atoms with E-state index in [4.69, 9.17) is 11.6 Å². The second-order valence-corrected chi connectivity index (χ2v) is 5.37. The predicted molar refractivity (Wildman–Crippen MR) is 74.7 cm³/mol. The van der Waals surface area contributed by atoms with E-state index in [0.717, 1.165) is 16.3 Å². The zero-order chi connectivity index (χ0) is 12.7.